The van der Waals surface area contributed by atoms with Crippen molar-refractivity contribution in [2.45, 2.75) is 57.7 Å². The van der Waals surface area contributed by atoms with Crippen LogP contribution in [0.3, 0.4) is 0 Å². The first-order valence-corrected chi connectivity index (χ1v) is 10.1. The third-order valence-electron chi connectivity index (χ3n) is 5.62. The molecule has 10 heteroatoms. The van der Waals surface area contributed by atoms with Crippen molar-refractivity contribution in [2.75, 3.05) is 26.3 Å². The van der Waals surface area contributed by atoms with Gasteiger partial charge in [-0.25, -0.2) is 4.79 Å². The summed E-state index contributed by atoms with van der Waals surface area (Å²) in [7, 11) is 0. The number of fused-ring (bicyclic) bond motifs is 2. The summed E-state index contributed by atoms with van der Waals surface area (Å²) in [6.45, 7) is 12.3. The second-order valence-electron chi connectivity index (χ2n) is 9.18. The lowest BCUT2D eigenvalue weighted by Crippen LogP contribution is -2.50. The lowest BCUT2D eigenvalue weighted by atomic mass is 9.96. The minimum absolute atomic E-state index is 0.0837. The minimum Gasteiger partial charge on any atom is -0.444 e. The van der Waals surface area contributed by atoms with Crippen molar-refractivity contribution in [3.8, 4) is 0 Å². The van der Waals surface area contributed by atoms with Gasteiger partial charge >= 0.3 is 6.09 Å². The molecule has 1 aromatic heterocycles. The number of amides is 1. The van der Waals surface area contributed by atoms with Crippen molar-refractivity contribution >= 4 is 6.09 Å². The van der Waals surface area contributed by atoms with Gasteiger partial charge in [-0.05, 0) is 33.6 Å². The fourth-order valence-electron chi connectivity index (χ4n) is 4.15. The van der Waals surface area contributed by atoms with E-state index >= 15 is 0 Å². The van der Waals surface area contributed by atoms with Crippen molar-refractivity contribution in [2.24, 2.45) is 5.92 Å². The number of carbonyl (C=O) groups excluding carboxylic acids is 1. The molecule has 2 bridgehead atoms. The van der Waals surface area contributed by atoms with Gasteiger partial charge in [0.1, 0.15) is 11.4 Å². The van der Waals surface area contributed by atoms with Crippen LogP contribution in [0.5, 0.6) is 0 Å². The Bertz CT molecular complexity index is 767. The van der Waals surface area contributed by atoms with Gasteiger partial charge in [0.2, 0.25) is 11.8 Å². The number of nitrogens with one attached hydrogen (secondary N) is 1. The Morgan fingerprint density at radius 2 is 2.07 bits per heavy atom. The van der Waals surface area contributed by atoms with E-state index in [1.165, 1.54) is 5.06 Å². The first kappa shape index (κ1) is 20.1. The fraction of sp³-hybridized carbons (Fsp3) is 0.737. The maximum Gasteiger partial charge on any atom is 0.413 e. The lowest BCUT2D eigenvalue weighted by Gasteiger charge is -2.41. The zero-order valence-electron chi connectivity index (χ0n) is 17.3. The van der Waals surface area contributed by atoms with Gasteiger partial charge in [-0.3, -0.25) is 10.2 Å². The number of ether oxygens (including phenoxy) is 1. The molecule has 10 nitrogen and oxygen atoms in total. The van der Waals surface area contributed by atoms with E-state index in [1.807, 2.05) is 25.7 Å². The lowest BCUT2D eigenvalue weighted by molar-refractivity contribution is -0.106. The van der Waals surface area contributed by atoms with Crippen molar-refractivity contribution < 1.29 is 19.2 Å². The van der Waals surface area contributed by atoms with Crippen LogP contribution in [-0.2, 0) is 11.2 Å². The third-order valence-corrected chi connectivity index (χ3v) is 5.62. The molecule has 1 unspecified atom stereocenters. The van der Waals surface area contributed by atoms with Gasteiger partial charge in [-0.2, -0.15) is 5.06 Å². The van der Waals surface area contributed by atoms with Gasteiger partial charge in [0.25, 0.3) is 0 Å². The highest BCUT2D eigenvalue weighted by molar-refractivity contribution is 5.69. The van der Waals surface area contributed by atoms with Gasteiger partial charge in [-0.1, -0.05) is 6.58 Å². The molecular formula is C19H30N6O4. The number of alkyl carbamates (subject to hydrolysis) is 1. The van der Waals surface area contributed by atoms with Crippen molar-refractivity contribution in [1.82, 2.24) is 30.4 Å². The van der Waals surface area contributed by atoms with Gasteiger partial charge < -0.3 is 19.3 Å². The summed E-state index contributed by atoms with van der Waals surface area (Å²) in [4.78, 5) is 16.0. The summed E-state index contributed by atoms with van der Waals surface area (Å²) in [5.41, 5.74) is -0.540. The van der Waals surface area contributed by atoms with Crippen molar-refractivity contribution in [1.29, 1.82) is 0 Å². The number of aromatic nitrogens is 2. The molecule has 0 aromatic carbocycles. The van der Waals surface area contributed by atoms with E-state index in [-0.39, 0.29) is 12.1 Å². The van der Waals surface area contributed by atoms with Crippen LogP contribution >= 0.6 is 0 Å². The Morgan fingerprint density at radius 1 is 1.31 bits per heavy atom. The number of likely N-dealkylation sites (tertiary alicyclic amines) is 1. The predicted octanol–water partition coefficient (Wildman–Crippen LogP) is 1.71. The number of hydrogen-bond acceptors (Lipinski definition) is 9. The molecule has 3 aliphatic heterocycles. The van der Waals surface area contributed by atoms with E-state index in [4.69, 9.17) is 9.15 Å². The van der Waals surface area contributed by atoms with Gasteiger partial charge in [0.05, 0.1) is 12.7 Å². The standard InChI is InChI=1S/C19H30N6O4/c1-12(20-18(26)29-19(2,3)4)23-8-13(9-23)7-16-21-22-17(28-16)15-6-5-14-10-24(15)11-25(14)27/h13-15,27H,1,5-11H2,2-4H3,(H,20,26)/t14-,15+/m1/s1. The van der Waals surface area contributed by atoms with Crippen LogP contribution in [0.1, 0.15) is 51.4 Å². The second-order valence-corrected chi connectivity index (χ2v) is 9.18. The summed E-state index contributed by atoms with van der Waals surface area (Å²) in [6.07, 6.45) is 2.05. The minimum atomic E-state index is -0.540. The molecule has 3 atom stereocenters. The molecule has 1 amide bonds. The largest absolute Gasteiger partial charge is 0.444 e. The summed E-state index contributed by atoms with van der Waals surface area (Å²) < 4.78 is 11.2. The molecule has 2 N–H and O–H groups in total. The highest BCUT2D eigenvalue weighted by atomic mass is 16.6. The van der Waals surface area contributed by atoms with Crippen molar-refractivity contribution in [3.05, 3.63) is 24.2 Å². The molecule has 29 heavy (non-hydrogen) atoms. The van der Waals surface area contributed by atoms with Gasteiger partial charge in [0.15, 0.2) is 0 Å². The monoisotopic (exact) mass is 406 g/mol. The van der Waals surface area contributed by atoms with Crippen molar-refractivity contribution in [3.63, 3.8) is 0 Å². The molecule has 3 fully saturated rings. The summed E-state index contributed by atoms with van der Waals surface area (Å²) in [6, 6.07) is 0.303. The number of carbonyl (C=O) groups is 1. The quantitative estimate of drug-likeness (QED) is 0.755. The van der Waals surface area contributed by atoms with Crippen LogP contribution in [-0.4, -0.2) is 74.3 Å². The van der Waals surface area contributed by atoms with E-state index in [9.17, 15) is 10.0 Å². The van der Waals surface area contributed by atoms with E-state index < -0.39 is 11.7 Å². The summed E-state index contributed by atoms with van der Waals surface area (Å²) >= 11 is 0. The van der Waals surface area contributed by atoms with E-state index in [2.05, 4.69) is 27.0 Å². The first-order valence-electron chi connectivity index (χ1n) is 10.1. The topological polar surface area (TPSA) is 107 Å². The highest BCUT2D eigenvalue weighted by Gasteiger charge is 2.41. The molecule has 3 saturated heterocycles. The Kier molecular flexibility index (Phi) is 5.26. The molecular weight excluding hydrogens is 376 g/mol. The maximum atomic E-state index is 11.8. The molecule has 4 heterocycles. The molecule has 4 rings (SSSR count). The van der Waals surface area contributed by atoms with Crippen LogP contribution < -0.4 is 5.32 Å². The number of rotatable bonds is 5. The average Bonchev–Trinajstić information content (AvgIpc) is 3.14. The van der Waals surface area contributed by atoms with Crippen LogP contribution in [0.15, 0.2) is 16.8 Å². The second kappa shape index (κ2) is 7.58. The number of nitrogens with zero attached hydrogens (tertiary/aromatic N) is 5. The van der Waals surface area contributed by atoms with Crippen LogP contribution in [0, 0.1) is 5.92 Å². The fourth-order valence-corrected chi connectivity index (χ4v) is 4.15. The number of hydrogen-bond donors (Lipinski definition) is 2. The van der Waals surface area contributed by atoms with Gasteiger partial charge in [0, 0.05) is 38.0 Å². The normalized spacial score (nSPS) is 27.6. The third kappa shape index (κ3) is 4.54. The summed E-state index contributed by atoms with van der Waals surface area (Å²) in [5.74, 6) is 2.19. The van der Waals surface area contributed by atoms with Crippen LogP contribution in [0.4, 0.5) is 4.79 Å². The Morgan fingerprint density at radius 3 is 2.79 bits per heavy atom. The zero-order chi connectivity index (χ0) is 20.8. The molecule has 0 spiro atoms. The molecule has 1 aromatic rings. The Hall–Kier alpha value is -2.17. The number of hydroxylamine groups is 2. The Labute approximate surface area is 170 Å². The predicted molar refractivity (Wildman–Crippen MR) is 103 cm³/mol. The summed E-state index contributed by atoms with van der Waals surface area (Å²) in [5, 5.41) is 22.4. The van der Waals surface area contributed by atoms with Crippen LogP contribution in [0.25, 0.3) is 0 Å². The molecule has 3 aliphatic rings. The SMILES string of the molecule is C=C(NC(=O)OC(C)(C)C)N1CC(Cc2nnc([C@@H]3CC[C@@H]4CN3CN4O)o2)C1. The van der Waals surface area contributed by atoms with E-state index in [0.29, 0.717) is 36.6 Å². The average molecular weight is 406 g/mol. The molecule has 160 valence electrons. The van der Waals surface area contributed by atoms with E-state index in [0.717, 1.165) is 32.5 Å². The van der Waals surface area contributed by atoms with E-state index in [1.54, 1.807) is 0 Å². The first-order chi connectivity index (χ1) is 13.7. The molecule has 0 saturated carbocycles. The Balaban J connectivity index is 1.23. The van der Waals surface area contributed by atoms with Crippen LogP contribution in [0.2, 0.25) is 0 Å². The molecule has 0 aliphatic carbocycles. The molecule has 0 radical (unpaired) electrons. The smallest absolute Gasteiger partial charge is 0.413 e. The zero-order valence-corrected chi connectivity index (χ0v) is 17.3. The van der Waals surface area contributed by atoms with Gasteiger partial charge in [-0.15, -0.1) is 10.2 Å². The maximum absolute atomic E-state index is 11.8. The highest BCUT2D eigenvalue weighted by Crippen LogP contribution is 2.36. The number of piperidine rings is 1.